The zero-order valence-electron chi connectivity index (χ0n) is 14.0. The second-order valence-corrected chi connectivity index (χ2v) is 8.99. The number of hydrogen-bond donors (Lipinski definition) is 0. The molecule has 124 valence electrons. The molecule has 3 nitrogen and oxygen atoms in total. The van der Waals surface area contributed by atoms with Crippen LogP contribution >= 0.6 is 0 Å². The molecule has 1 aliphatic rings. The van der Waals surface area contributed by atoms with Gasteiger partial charge in [0.05, 0.1) is 25.4 Å². The quantitative estimate of drug-likeness (QED) is 0.351. The van der Waals surface area contributed by atoms with E-state index in [-0.39, 0.29) is 0 Å². The molecule has 0 aromatic rings. The Bertz CT molecular complexity index is 405. The van der Waals surface area contributed by atoms with Crippen molar-refractivity contribution in [3.63, 3.8) is 0 Å². The summed E-state index contributed by atoms with van der Waals surface area (Å²) in [6.07, 6.45) is 13.2. The molecule has 0 amide bonds. The predicted molar refractivity (Wildman–Crippen MR) is 91.2 cm³/mol. The summed E-state index contributed by atoms with van der Waals surface area (Å²) in [5, 5.41) is 0. The van der Waals surface area contributed by atoms with Crippen LogP contribution in [0.4, 0.5) is 0 Å². The lowest BCUT2D eigenvalue weighted by Crippen LogP contribution is -2.58. The molecular formula is C17H34NO2S+. The summed E-state index contributed by atoms with van der Waals surface area (Å²) >= 11 is 0. The number of hydrogen-bond acceptors (Lipinski definition) is 2. The van der Waals surface area contributed by atoms with Gasteiger partial charge in [-0.15, -0.1) is 0 Å². The molecule has 1 saturated heterocycles. The predicted octanol–water partition coefficient (Wildman–Crippen LogP) is 3.56. The second-order valence-electron chi connectivity index (χ2n) is 6.73. The van der Waals surface area contributed by atoms with E-state index in [4.69, 9.17) is 0 Å². The first-order chi connectivity index (χ1) is 9.93. The van der Waals surface area contributed by atoms with Gasteiger partial charge in [-0.25, -0.2) is 8.42 Å². The summed E-state index contributed by atoms with van der Waals surface area (Å²) in [6.45, 7) is 9.68. The minimum atomic E-state index is -2.84. The third kappa shape index (κ3) is 6.52. The normalized spacial score (nSPS) is 26.7. The molecule has 2 atom stereocenters. The van der Waals surface area contributed by atoms with Crippen LogP contribution in [0.25, 0.3) is 0 Å². The highest BCUT2D eigenvalue weighted by Gasteiger charge is 2.36. The molecule has 0 aromatic heterocycles. The van der Waals surface area contributed by atoms with Crippen molar-refractivity contribution in [3.8, 4) is 0 Å². The van der Waals surface area contributed by atoms with E-state index in [0.717, 1.165) is 17.4 Å². The van der Waals surface area contributed by atoms with Crippen LogP contribution in [-0.4, -0.2) is 50.6 Å². The van der Waals surface area contributed by atoms with Gasteiger partial charge in [0.15, 0.2) is 0 Å². The Kier molecular flexibility index (Phi) is 7.96. The average molecular weight is 317 g/mol. The first-order valence-electron chi connectivity index (χ1n) is 8.59. The first kappa shape index (κ1) is 18.7. The number of rotatable bonds is 10. The van der Waals surface area contributed by atoms with E-state index in [2.05, 4.69) is 19.6 Å². The maximum absolute atomic E-state index is 11.4. The van der Waals surface area contributed by atoms with Crippen LogP contribution in [0.3, 0.4) is 0 Å². The Hall–Kier alpha value is -0.350. The van der Waals surface area contributed by atoms with Gasteiger partial charge in [-0.1, -0.05) is 26.3 Å². The van der Waals surface area contributed by atoms with E-state index in [0.29, 0.717) is 11.8 Å². The minimum absolute atomic E-state index is 0.325. The van der Waals surface area contributed by atoms with E-state index < -0.39 is 9.84 Å². The number of unbranched alkanes of at least 4 members (excludes halogenated alkanes) is 3. The maximum Gasteiger partial charge on any atom is 0.147 e. The fraction of sp³-hybridized carbons (Fsp3) is 0.882. The van der Waals surface area contributed by atoms with Gasteiger partial charge in [-0.2, -0.15) is 0 Å². The summed E-state index contributed by atoms with van der Waals surface area (Å²) in [6, 6.07) is 0.528. The smallest absolute Gasteiger partial charge is 0.147 e. The number of piperidine rings is 1. The zero-order valence-corrected chi connectivity index (χ0v) is 14.8. The summed E-state index contributed by atoms with van der Waals surface area (Å²) in [5.41, 5.74) is 0. The zero-order chi connectivity index (χ0) is 15.8. The minimum Gasteiger partial charge on any atom is -0.318 e. The van der Waals surface area contributed by atoms with Gasteiger partial charge < -0.3 is 4.48 Å². The second kappa shape index (κ2) is 8.94. The SMILES string of the molecule is C=CC1CCCC[N+]1(CCCCCC)CCCS(C)(=O)=O. The molecule has 0 N–H and O–H groups in total. The summed E-state index contributed by atoms with van der Waals surface area (Å²) in [4.78, 5) is 0. The molecule has 4 heteroatoms. The molecule has 0 bridgehead atoms. The van der Waals surface area contributed by atoms with Crippen molar-refractivity contribution in [2.45, 2.75) is 64.3 Å². The molecule has 1 heterocycles. The Balaban J connectivity index is 2.65. The molecule has 0 aromatic carbocycles. The molecule has 21 heavy (non-hydrogen) atoms. The van der Waals surface area contributed by atoms with Gasteiger partial charge in [0.1, 0.15) is 15.9 Å². The van der Waals surface area contributed by atoms with Gasteiger partial charge >= 0.3 is 0 Å². The average Bonchev–Trinajstić information content (AvgIpc) is 2.43. The molecule has 0 saturated carbocycles. The molecule has 0 aliphatic carbocycles. The van der Waals surface area contributed by atoms with E-state index >= 15 is 0 Å². The van der Waals surface area contributed by atoms with Crippen molar-refractivity contribution in [1.29, 1.82) is 0 Å². The van der Waals surface area contributed by atoms with Crippen molar-refractivity contribution in [2.75, 3.05) is 31.6 Å². The largest absolute Gasteiger partial charge is 0.318 e. The lowest BCUT2D eigenvalue weighted by atomic mass is 9.96. The van der Waals surface area contributed by atoms with Gasteiger partial charge in [0, 0.05) is 19.1 Å². The van der Waals surface area contributed by atoms with Gasteiger partial charge in [-0.3, -0.25) is 0 Å². The fourth-order valence-corrected chi connectivity index (χ4v) is 4.38. The van der Waals surface area contributed by atoms with Gasteiger partial charge in [0.25, 0.3) is 0 Å². The maximum atomic E-state index is 11.4. The van der Waals surface area contributed by atoms with Crippen molar-refractivity contribution >= 4 is 9.84 Å². The monoisotopic (exact) mass is 316 g/mol. The van der Waals surface area contributed by atoms with Crippen LogP contribution in [0.2, 0.25) is 0 Å². The van der Waals surface area contributed by atoms with E-state index in [9.17, 15) is 8.42 Å². The third-order valence-corrected chi connectivity index (χ3v) is 5.93. The number of likely N-dealkylation sites (tertiary alicyclic amines) is 1. The van der Waals surface area contributed by atoms with Crippen LogP contribution < -0.4 is 0 Å². The molecule has 0 spiro atoms. The van der Waals surface area contributed by atoms with Crippen molar-refractivity contribution in [2.24, 2.45) is 0 Å². The standard InChI is InChI=1S/C17H34NO2S/c1-4-6-7-9-13-18(15-11-16-21(3,19)20)14-10-8-12-17(18)5-2/h5,17H,2,4,6-16H2,1,3H3/q+1. The van der Waals surface area contributed by atoms with Crippen LogP contribution in [0, 0.1) is 0 Å². The molecule has 0 radical (unpaired) electrons. The Labute approximate surface area is 131 Å². The van der Waals surface area contributed by atoms with Crippen LogP contribution in [0.5, 0.6) is 0 Å². The fourth-order valence-electron chi connectivity index (χ4n) is 3.72. The van der Waals surface area contributed by atoms with Gasteiger partial charge in [0.2, 0.25) is 0 Å². The molecular weight excluding hydrogens is 282 g/mol. The van der Waals surface area contributed by atoms with Gasteiger partial charge in [-0.05, 0) is 31.8 Å². The molecule has 1 aliphatic heterocycles. The Morgan fingerprint density at radius 2 is 1.86 bits per heavy atom. The molecule has 2 unspecified atom stereocenters. The number of sulfone groups is 1. The molecule has 1 rings (SSSR count). The summed E-state index contributed by atoms with van der Waals surface area (Å²) in [7, 11) is -2.84. The summed E-state index contributed by atoms with van der Waals surface area (Å²) in [5.74, 6) is 0.325. The van der Waals surface area contributed by atoms with E-state index in [1.807, 2.05) is 0 Å². The van der Waals surface area contributed by atoms with E-state index in [1.165, 1.54) is 64.3 Å². The Morgan fingerprint density at radius 1 is 1.14 bits per heavy atom. The highest BCUT2D eigenvalue weighted by Crippen LogP contribution is 2.28. The lowest BCUT2D eigenvalue weighted by molar-refractivity contribution is -0.949. The lowest BCUT2D eigenvalue weighted by Gasteiger charge is -2.47. The van der Waals surface area contributed by atoms with E-state index in [1.54, 1.807) is 0 Å². The highest BCUT2D eigenvalue weighted by atomic mass is 32.2. The Morgan fingerprint density at radius 3 is 2.48 bits per heavy atom. The summed E-state index contributed by atoms with van der Waals surface area (Å²) < 4.78 is 23.9. The third-order valence-electron chi connectivity index (χ3n) is 4.90. The van der Waals surface area contributed by atoms with Crippen LogP contribution in [0.15, 0.2) is 12.7 Å². The van der Waals surface area contributed by atoms with Crippen molar-refractivity contribution < 1.29 is 12.9 Å². The highest BCUT2D eigenvalue weighted by molar-refractivity contribution is 7.90. The number of quaternary nitrogens is 1. The topological polar surface area (TPSA) is 34.1 Å². The number of nitrogens with zero attached hydrogens (tertiary/aromatic N) is 1. The van der Waals surface area contributed by atoms with Crippen molar-refractivity contribution in [3.05, 3.63) is 12.7 Å². The van der Waals surface area contributed by atoms with Crippen LogP contribution in [0.1, 0.15) is 58.3 Å². The molecule has 1 fully saturated rings. The van der Waals surface area contributed by atoms with Crippen LogP contribution in [-0.2, 0) is 9.84 Å². The first-order valence-corrected chi connectivity index (χ1v) is 10.7. The van der Waals surface area contributed by atoms with Crippen molar-refractivity contribution in [1.82, 2.24) is 0 Å².